The highest BCUT2D eigenvalue weighted by Crippen LogP contribution is 2.31. The molecule has 5 nitrogen and oxygen atoms in total. The van der Waals surface area contributed by atoms with Crippen LogP contribution in [-0.4, -0.2) is 38.8 Å². The topological polar surface area (TPSA) is 46.0 Å². The Morgan fingerprint density at radius 1 is 1.33 bits per heavy atom. The molecule has 1 aliphatic heterocycles. The molecule has 1 aliphatic rings. The first-order valence-electron chi connectivity index (χ1n) is 7.46. The van der Waals surface area contributed by atoms with E-state index in [2.05, 4.69) is 64.5 Å². The van der Waals surface area contributed by atoms with Crippen molar-refractivity contribution in [3.63, 3.8) is 0 Å². The third-order valence-electron chi connectivity index (χ3n) is 4.52. The van der Waals surface area contributed by atoms with Gasteiger partial charge in [-0.15, -0.1) is 0 Å². The van der Waals surface area contributed by atoms with Crippen LogP contribution in [0.2, 0.25) is 0 Å². The molecule has 1 aromatic carbocycles. The molecule has 1 fully saturated rings. The fourth-order valence-electron chi connectivity index (χ4n) is 3.04. The van der Waals surface area contributed by atoms with Crippen LogP contribution in [0.1, 0.15) is 25.2 Å². The molecule has 2 heterocycles. The summed E-state index contributed by atoms with van der Waals surface area (Å²) in [6.45, 7) is 7.29. The van der Waals surface area contributed by atoms with Gasteiger partial charge in [-0.25, -0.2) is 4.98 Å². The first-order valence-corrected chi connectivity index (χ1v) is 7.46. The van der Waals surface area contributed by atoms with Gasteiger partial charge >= 0.3 is 0 Å². The largest absolute Gasteiger partial charge is 0.311 e. The van der Waals surface area contributed by atoms with Crippen molar-refractivity contribution in [2.24, 2.45) is 7.05 Å². The highest BCUT2D eigenvalue weighted by Gasteiger charge is 2.38. The molecule has 0 amide bonds. The van der Waals surface area contributed by atoms with Gasteiger partial charge in [0.15, 0.2) is 0 Å². The van der Waals surface area contributed by atoms with E-state index < -0.39 is 0 Å². The van der Waals surface area contributed by atoms with Crippen LogP contribution in [0.25, 0.3) is 0 Å². The number of rotatable bonds is 3. The quantitative estimate of drug-likeness (QED) is 0.929. The van der Waals surface area contributed by atoms with Crippen molar-refractivity contribution in [1.82, 2.24) is 25.0 Å². The van der Waals surface area contributed by atoms with Gasteiger partial charge in [0.25, 0.3) is 0 Å². The lowest BCUT2D eigenvalue weighted by Crippen LogP contribution is -2.60. The smallest absolute Gasteiger partial charge is 0.140 e. The minimum absolute atomic E-state index is 0.0281. The number of nitrogens with one attached hydrogen (secondary N) is 1. The Bertz CT molecular complexity index is 594. The second-order valence-electron chi connectivity index (χ2n) is 6.10. The lowest BCUT2D eigenvalue weighted by Gasteiger charge is -2.47. The predicted molar refractivity (Wildman–Crippen MR) is 82.7 cm³/mol. The molecule has 21 heavy (non-hydrogen) atoms. The fourth-order valence-corrected chi connectivity index (χ4v) is 3.04. The van der Waals surface area contributed by atoms with Gasteiger partial charge in [0.05, 0.1) is 12.1 Å². The molecule has 0 radical (unpaired) electrons. The van der Waals surface area contributed by atoms with Crippen LogP contribution in [0.3, 0.4) is 0 Å². The average Bonchev–Trinajstić information content (AvgIpc) is 2.89. The molecular weight excluding hydrogens is 262 g/mol. The SMILES string of the molecule is CC1CN(Cc2ncnn2C)C(C)(c2ccccc2)CN1. The van der Waals surface area contributed by atoms with E-state index in [0.717, 1.165) is 25.5 Å². The van der Waals surface area contributed by atoms with E-state index in [1.54, 1.807) is 6.33 Å². The van der Waals surface area contributed by atoms with Crippen molar-refractivity contribution in [3.05, 3.63) is 48.0 Å². The molecule has 2 unspecified atom stereocenters. The van der Waals surface area contributed by atoms with Crippen LogP contribution in [0, 0.1) is 0 Å². The lowest BCUT2D eigenvalue weighted by atomic mass is 9.87. The van der Waals surface area contributed by atoms with Gasteiger partial charge in [0.1, 0.15) is 12.2 Å². The van der Waals surface area contributed by atoms with Crippen LogP contribution in [-0.2, 0) is 19.1 Å². The van der Waals surface area contributed by atoms with Gasteiger partial charge in [0, 0.05) is 26.2 Å². The number of benzene rings is 1. The molecule has 3 rings (SSSR count). The molecule has 2 atom stereocenters. The number of hydrogen-bond acceptors (Lipinski definition) is 4. The van der Waals surface area contributed by atoms with Gasteiger partial charge in [0.2, 0.25) is 0 Å². The summed E-state index contributed by atoms with van der Waals surface area (Å²) in [5, 5.41) is 7.80. The van der Waals surface area contributed by atoms with E-state index in [1.807, 2.05) is 11.7 Å². The van der Waals surface area contributed by atoms with E-state index >= 15 is 0 Å². The maximum atomic E-state index is 4.38. The Balaban J connectivity index is 1.91. The summed E-state index contributed by atoms with van der Waals surface area (Å²) >= 11 is 0. The maximum absolute atomic E-state index is 4.38. The number of aryl methyl sites for hydroxylation is 1. The third-order valence-corrected chi connectivity index (χ3v) is 4.52. The second-order valence-corrected chi connectivity index (χ2v) is 6.10. The molecule has 2 aromatic rings. The molecule has 1 aromatic heterocycles. The Hall–Kier alpha value is -1.72. The third kappa shape index (κ3) is 2.71. The number of hydrogen-bond donors (Lipinski definition) is 1. The summed E-state index contributed by atoms with van der Waals surface area (Å²) < 4.78 is 1.86. The van der Waals surface area contributed by atoms with Gasteiger partial charge in [-0.3, -0.25) is 9.58 Å². The van der Waals surface area contributed by atoms with Gasteiger partial charge in [-0.1, -0.05) is 30.3 Å². The standard InChI is InChI=1S/C16H23N5/c1-13-9-21(10-15-18-12-19-20(15)3)16(2,11-17-13)14-7-5-4-6-8-14/h4-8,12-13,17H,9-11H2,1-3H3. The van der Waals surface area contributed by atoms with Crippen LogP contribution in [0.5, 0.6) is 0 Å². The van der Waals surface area contributed by atoms with E-state index in [9.17, 15) is 0 Å². The number of nitrogens with zero attached hydrogens (tertiary/aromatic N) is 4. The van der Waals surface area contributed by atoms with E-state index in [-0.39, 0.29) is 5.54 Å². The predicted octanol–water partition coefficient (Wildman–Crippen LogP) is 1.52. The van der Waals surface area contributed by atoms with Crippen molar-refractivity contribution in [2.75, 3.05) is 13.1 Å². The number of piperazine rings is 1. The Morgan fingerprint density at radius 3 is 2.76 bits per heavy atom. The first-order chi connectivity index (χ1) is 10.1. The Kier molecular flexibility index (Phi) is 3.78. The summed E-state index contributed by atoms with van der Waals surface area (Å²) in [4.78, 5) is 6.89. The van der Waals surface area contributed by atoms with Crippen molar-refractivity contribution < 1.29 is 0 Å². The maximum Gasteiger partial charge on any atom is 0.140 e. The minimum Gasteiger partial charge on any atom is -0.311 e. The fraction of sp³-hybridized carbons (Fsp3) is 0.500. The zero-order valence-electron chi connectivity index (χ0n) is 13.0. The van der Waals surface area contributed by atoms with Crippen LogP contribution in [0.4, 0.5) is 0 Å². The minimum atomic E-state index is -0.0281. The van der Waals surface area contributed by atoms with Crippen LogP contribution in [0.15, 0.2) is 36.7 Å². The van der Waals surface area contributed by atoms with Crippen LogP contribution >= 0.6 is 0 Å². The molecular formula is C16H23N5. The summed E-state index contributed by atoms with van der Waals surface area (Å²) in [6.07, 6.45) is 1.63. The van der Waals surface area contributed by atoms with Gasteiger partial charge in [-0.2, -0.15) is 5.10 Å². The highest BCUT2D eigenvalue weighted by atomic mass is 15.4. The monoisotopic (exact) mass is 285 g/mol. The molecule has 1 saturated heterocycles. The summed E-state index contributed by atoms with van der Waals surface area (Å²) in [6, 6.07) is 11.2. The second kappa shape index (κ2) is 5.58. The van der Waals surface area contributed by atoms with Crippen molar-refractivity contribution in [1.29, 1.82) is 0 Å². The zero-order chi connectivity index (χ0) is 14.9. The summed E-state index contributed by atoms with van der Waals surface area (Å²) in [5.74, 6) is 1.01. The first kappa shape index (κ1) is 14.2. The van der Waals surface area contributed by atoms with Crippen LogP contribution < -0.4 is 5.32 Å². The van der Waals surface area contributed by atoms with Gasteiger partial charge in [-0.05, 0) is 19.4 Å². The Labute approximate surface area is 126 Å². The highest BCUT2D eigenvalue weighted by molar-refractivity contribution is 5.25. The number of aromatic nitrogens is 3. The summed E-state index contributed by atoms with van der Waals surface area (Å²) in [5.41, 5.74) is 1.31. The van der Waals surface area contributed by atoms with Crippen molar-refractivity contribution in [3.8, 4) is 0 Å². The lowest BCUT2D eigenvalue weighted by molar-refractivity contribution is 0.0425. The van der Waals surface area contributed by atoms with E-state index in [1.165, 1.54) is 5.56 Å². The normalized spacial score (nSPS) is 26.9. The van der Waals surface area contributed by atoms with Crippen molar-refractivity contribution >= 4 is 0 Å². The summed E-state index contributed by atoms with van der Waals surface area (Å²) in [7, 11) is 1.95. The van der Waals surface area contributed by atoms with Gasteiger partial charge < -0.3 is 5.32 Å². The molecule has 1 N–H and O–H groups in total. The van der Waals surface area contributed by atoms with E-state index in [4.69, 9.17) is 0 Å². The molecule has 112 valence electrons. The zero-order valence-corrected chi connectivity index (χ0v) is 13.0. The molecule has 5 heteroatoms. The molecule has 0 saturated carbocycles. The van der Waals surface area contributed by atoms with E-state index in [0.29, 0.717) is 6.04 Å². The molecule has 0 aliphatic carbocycles. The van der Waals surface area contributed by atoms with Crippen molar-refractivity contribution in [2.45, 2.75) is 32.0 Å². The average molecular weight is 285 g/mol. The Morgan fingerprint density at radius 2 is 2.10 bits per heavy atom. The molecule has 0 bridgehead atoms. The molecule has 0 spiro atoms.